The van der Waals surface area contributed by atoms with Gasteiger partial charge < -0.3 is 9.80 Å². The fourth-order valence-corrected chi connectivity index (χ4v) is 3.96. The van der Waals surface area contributed by atoms with Crippen LogP contribution in [0.15, 0.2) is 35.1 Å². The maximum absolute atomic E-state index is 13.5. The summed E-state index contributed by atoms with van der Waals surface area (Å²) in [6.45, 7) is 8.20. The van der Waals surface area contributed by atoms with Gasteiger partial charge in [-0.2, -0.15) is 18.3 Å². The third kappa shape index (κ3) is 5.46. The van der Waals surface area contributed by atoms with Crippen molar-refractivity contribution in [3.05, 3.63) is 57.5 Å². The summed E-state index contributed by atoms with van der Waals surface area (Å²) >= 11 is 0. The van der Waals surface area contributed by atoms with E-state index in [4.69, 9.17) is 0 Å². The van der Waals surface area contributed by atoms with Crippen molar-refractivity contribution < 1.29 is 22.8 Å². The second kappa shape index (κ2) is 10.4. The third-order valence-corrected chi connectivity index (χ3v) is 5.88. The molecule has 2 heterocycles. The van der Waals surface area contributed by atoms with E-state index >= 15 is 0 Å². The second-order valence-corrected chi connectivity index (χ2v) is 8.06. The SMILES string of the molecule is CCN(CC)C(=O)CN1CCN(C(=O)c2nn(-c3ccccc3C(F)(F)F)c(C)cc2=O)CC1. The number of carbonyl (C=O) groups is 2. The van der Waals surface area contributed by atoms with Crippen LogP contribution < -0.4 is 5.43 Å². The fraction of sp³-hybridized carbons (Fsp3) is 0.478. The van der Waals surface area contributed by atoms with E-state index in [2.05, 4.69) is 5.10 Å². The highest BCUT2D eigenvalue weighted by Gasteiger charge is 2.34. The van der Waals surface area contributed by atoms with Crippen LogP contribution in [0.1, 0.15) is 35.6 Å². The van der Waals surface area contributed by atoms with Crippen LogP contribution in [0.5, 0.6) is 0 Å². The van der Waals surface area contributed by atoms with Crippen LogP contribution in [0.25, 0.3) is 5.69 Å². The van der Waals surface area contributed by atoms with Crippen molar-refractivity contribution in [2.24, 2.45) is 0 Å². The Morgan fingerprint density at radius 3 is 2.26 bits per heavy atom. The molecule has 8 nitrogen and oxygen atoms in total. The summed E-state index contributed by atoms with van der Waals surface area (Å²) in [5, 5.41) is 4.04. The van der Waals surface area contributed by atoms with Crippen LogP contribution in [0.2, 0.25) is 0 Å². The Morgan fingerprint density at radius 1 is 1.06 bits per heavy atom. The van der Waals surface area contributed by atoms with Crippen LogP contribution in [0, 0.1) is 6.92 Å². The lowest BCUT2D eigenvalue weighted by Gasteiger charge is -2.35. The van der Waals surface area contributed by atoms with Crippen molar-refractivity contribution in [2.45, 2.75) is 26.9 Å². The number of alkyl halides is 3. The van der Waals surface area contributed by atoms with Gasteiger partial charge in [0.15, 0.2) is 5.69 Å². The summed E-state index contributed by atoms with van der Waals surface area (Å²) in [6.07, 6.45) is -4.63. The average molecular weight is 480 g/mol. The summed E-state index contributed by atoms with van der Waals surface area (Å²) in [4.78, 5) is 43.0. The molecule has 34 heavy (non-hydrogen) atoms. The fourth-order valence-electron chi connectivity index (χ4n) is 3.96. The Balaban J connectivity index is 1.80. The number of likely N-dealkylation sites (N-methyl/N-ethyl adjacent to an activating group) is 1. The number of rotatable bonds is 6. The first-order chi connectivity index (χ1) is 16.1. The van der Waals surface area contributed by atoms with Crippen molar-refractivity contribution in [2.75, 3.05) is 45.8 Å². The van der Waals surface area contributed by atoms with Crippen molar-refractivity contribution >= 4 is 11.8 Å². The number of benzene rings is 1. The Hall–Kier alpha value is -3.21. The summed E-state index contributed by atoms with van der Waals surface area (Å²) in [5.74, 6) is -0.630. The zero-order valence-electron chi connectivity index (χ0n) is 19.4. The van der Waals surface area contributed by atoms with Crippen molar-refractivity contribution in [1.29, 1.82) is 0 Å². The van der Waals surface area contributed by atoms with E-state index in [9.17, 15) is 27.6 Å². The zero-order valence-corrected chi connectivity index (χ0v) is 19.4. The molecular weight excluding hydrogens is 451 g/mol. The molecule has 3 rings (SSSR count). The van der Waals surface area contributed by atoms with E-state index in [0.717, 1.165) is 16.8 Å². The van der Waals surface area contributed by atoms with Gasteiger partial charge in [0.05, 0.1) is 17.8 Å². The minimum Gasteiger partial charge on any atom is -0.342 e. The van der Waals surface area contributed by atoms with E-state index in [0.29, 0.717) is 26.2 Å². The molecule has 0 saturated carbocycles. The number of halogens is 3. The standard InChI is InChI=1S/C23H28F3N5O3/c1-4-29(5-2)20(33)15-28-10-12-30(13-11-28)22(34)21-19(32)14-16(3)31(27-21)18-9-7-6-8-17(18)23(24,25)26/h6-9,14H,4-5,10-13,15H2,1-3H3. The predicted octanol–water partition coefficient (Wildman–Crippen LogP) is 2.19. The minimum absolute atomic E-state index is 0.0104. The maximum Gasteiger partial charge on any atom is 0.418 e. The first kappa shape index (κ1) is 25.4. The molecule has 0 unspecified atom stereocenters. The number of aryl methyl sites for hydroxylation is 1. The van der Waals surface area contributed by atoms with Crippen LogP contribution in [0.3, 0.4) is 0 Å². The molecule has 0 N–H and O–H groups in total. The molecule has 1 fully saturated rings. The number of piperazine rings is 1. The quantitative estimate of drug-likeness (QED) is 0.635. The Labute approximate surface area is 195 Å². The number of nitrogens with zero attached hydrogens (tertiary/aromatic N) is 5. The number of para-hydroxylation sites is 1. The summed E-state index contributed by atoms with van der Waals surface area (Å²) in [7, 11) is 0. The average Bonchev–Trinajstić information content (AvgIpc) is 2.79. The molecule has 184 valence electrons. The number of hydrogen-bond donors (Lipinski definition) is 0. The van der Waals surface area contributed by atoms with E-state index < -0.39 is 28.8 Å². The molecular formula is C23H28F3N5O3. The van der Waals surface area contributed by atoms with Crippen molar-refractivity contribution in [3.63, 3.8) is 0 Å². The first-order valence-electron chi connectivity index (χ1n) is 11.1. The highest BCUT2D eigenvalue weighted by molar-refractivity contribution is 5.92. The van der Waals surface area contributed by atoms with Gasteiger partial charge in [0.25, 0.3) is 5.91 Å². The zero-order chi connectivity index (χ0) is 25.0. The van der Waals surface area contributed by atoms with Crippen LogP contribution in [-0.2, 0) is 11.0 Å². The largest absolute Gasteiger partial charge is 0.418 e. The van der Waals surface area contributed by atoms with Gasteiger partial charge in [0.1, 0.15) is 0 Å². The smallest absolute Gasteiger partial charge is 0.342 e. The van der Waals surface area contributed by atoms with Gasteiger partial charge in [-0.3, -0.25) is 19.3 Å². The van der Waals surface area contributed by atoms with Gasteiger partial charge in [0, 0.05) is 51.0 Å². The van der Waals surface area contributed by atoms with Gasteiger partial charge in [-0.25, -0.2) is 4.68 Å². The van der Waals surface area contributed by atoms with Crippen LogP contribution >= 0.6 is 0 Å². The van der Waals surface area contributed by atoms with E-state index in [1.807, 2.05) is 18.7 Å². The summed E-state index contributed by atoms with van der Waals surface area (Å²) < 4.78 is 41.5. The molecule has 1 aliphatic heterocycles. The highest BCUT2D eigenvalue weighted by Crippen LogP contribution is 2.33. The topological polar surface area (TPSA) is 78.8 Å². The normalized spacial score (nSPS) is 14.8. The van der Waals surface area contributed by atoms with Crippen LogP contribution in [-0.4, -0.2) is 82.1 Å². The Kier molecular flexibility index (Phi) is 7.75. The molecule has 1 aromatic carbocycles. The van der Waals surface area contributed by atoms with Crippen molar-refractivity contribution in [3.8, 4) is 5.69 Å². The van der Waals surface area contributed by atoms with Gasteiger partial charge in [0.2, 0.25) is 11.3 Å². The molecule has 0 aliphatic carbocycles. The molecule has 0 spiro atoms. The predicted molar refractivity (Wildman–Crippen MR) is 120 cm³/mol. The highest BCUT2D eigenvalue weighted by atomic mass is 19.4. The van der Waals surface area contributed by atoms with E-state index in [1.54, 1.807) is 4.90 Å². The lowest BCUT2D eigenvalue weighted by molar-refractivity contribution is -0.137. The van der Waals surface area contributed by atoms with E-state index in [1.165, 1.54) is 30.0 Å². The van der Waals surface area contributed by atoms with Gasteiger partial charge in [-0.15, -0.1) is 0 Å². The molecule has 1 aromatic heterocycles. The van der Waals surface area contributed by atoms with Gasteiger partial charge in [-0.1, -0.05) is 12.1 Å². The number of hydrogen-bond acceptors (Lipinski definition) is 5. The maximum atomic E-state index is 13.5. The summed E-state index contributed by atoms with van der Waals surface area (Å²) in [5.41, 5.74) is -2.09. The molecule has 0 atom stereocenters. The number of carbonyl (C=O) groups excluding carboxylic acids is 2. The lowest BCUT2D eigenvalue weighted by atomic mass is 10.1. The minimum atomic E-state index is -4.63. The molecule has 2 aromatic rings. The van der Waals surface area contributed by atoms with Crippen molar-refractivity contribution in [1.82, 2.24) is 24.5 Å². The molecule has 1 saturated heterocycles. The Bertz CT molecular complexity index is 1100. The third-order valence-electron chi connectivity index (χ3n) is 5.88. The molecule has 0 radical (unpaired) electrons. The molecule has 11 heteroatoms. The van der Waals surface area contributed by atoms with Gasteiger partial charge >= 0.3 is 6.18 Å². The van der Waals surface area contributed by atoms with Gasteiger partial charge in [-0.05, 0) is 32.9 Å². The lowest BCUT2D eigenvalue weighted by Crippen LogP contribution is -2.52. The first-order valence-corrected chi connectivity index (χ1v) is 11.1. The monoisotopic (exact) mass is 479 g/mol. The Morgan fingerprint density at radius 2 is 1.68 bits per heavy atom. The number of aromatic nitrogens is 2. The molecule has 0 bridgehead atoms. The molecule has 1 aliphatic rings. The van der Waals surface area contributed by atoms with Crippen LogP contribution in [0.4, 0.5) is 13.2 Å². The molecule has 2 amide bonds. The van der Waals surface area contributed by atoms with E-state index in [-0.39, 0.29) is 36.9 Å². The second-order valence-electron chi connectivity index (χ2n) is 8.06. The summed E-state index contributed by atoms with van der Waals surface area (Å²) in [6, 6.07) is 5.99. The number of amides is 2.